The first-order valence-electron chi connectivity index (χ1n) is 5.93. The first-order valence-corrected chi connectivity index (χ1v) is 5.93. The van der Waals surface area contributed by atoms with Crippen LogP contribution >= 0.6 is 0 Å². The van der Waals surface area contributed by atoms with Gasteiger partial charge in [-0.25, -0.2) is 0 Å². The van der Waals surface area contributed by atoms with E-state index in [9.17, 15) is 0 Å². The number of furan rings is 1. The molecule has 2 aromatic rings. The second-order valence-electron chi connectivity index (χ2n) is 4.47. The number of fused-ring (bicyclic) bond motifs is 1. The second-order valence-corrected chi connectivity index (χ2v) is 4.47. The third kappa shape index (κ3) is 2.45. The quantitative estimate of drug-likeness (QED) is 0.848. The molecule has 1 aromatic carbocycles. The molecule has 16 heavy (non-hydrogen) atoms. The molecule has 0 aliphatic heterocycles. The molecule has 0 spiro atoms. The molecule has 0 aliphatic rings. The highest BCUT2D eigenvalue weighted by Gasteiger charge is 2.04. The van der Waals surface area contributed by atoms with Gasteiger partial charge < -0.3 is 9.73 Å². The largest absolute Gasteiger partial charge is 0.460 e. The van der Waals surface area contributed by atoms with Crippen LogP contribution in [-0.4, -0.2) is 6.04 Å². The Morgan fingerprint density at radius 2 is 2.06 bits per heavy atom. The Morgan fingerprint density at radius 3 is 2.75 bits per heavy atom. The summed E-state index contributed by atoms with van der Waals surface area (Å²) in [6.07, 6.45) is 1.07. The Hall–Kier alpha value is -1.28. The van der Waals surface area contributed by atoms with Crippen molar-refractivity contribution in [3.05, 3.63) is 35.6 Å². The second kappa shape index (κ2) is 4.71. The van der Waals surface area contributed by atoms with Crippen molar-refractivity contribution in [2.45, 2.75) is 39.8 Å². The van der Waals surface area contributed by atoms with Gasteiger partial charge in [0.1, 0.15) is 11.3 Å². The summed E-state index contributed by atoms with van der Waals surface area (Å²) in [6, 6.07) is 9.01. The summed E-state index contributed by atoms with van der Waals surface area (Å²) in [6.45, 7) is 7.24. The van der Waals surface area contributed by atoms with Crippen molar-refractivity contribution in [3.8, 4) is 0 Å². The molecule has 2 rings (SSSR count). The summed E-state index contributed by atoms with van der Waals surface area (Å²) in [5.74, 6) is 1.01. The van der Waals surface area contributed by atoms with Crippen molar-refractivity contribution in [2.24, 2.45) is 0 Å². The van der Waals surface area contributed by atoms with Crippen LogP contribution in [0.3, 0.4) is 0 Å². The lowest BCUT2D eigenvalue weighted by Crippen LogP contribution is -2.21. The Labute approximate surface area is 96.6 Å². The van der Waals surface area contributed by atoms with Crippen molar-refractivity contribution in [1.82, 2.24) is 5.32 Å². The SMILES string of the molecule is CCc1ccc2oc(CNC(C)C)cc2c1. The molecule has 2 heteroatoms. The van der Waals surface area contributed by atoms with E-state index in [0.29, 0.717) is 6.04 Å². The van der Waals surface area contributed by atoms with E-state index < -0.39 is 0 Å². The maximum absolute atomic E-state index is 5.76. The minimum Gasteiger partial charge on any atom is -0.460 e. The Morgan fingerprint density at radius 1 is 1.25 bits per heavy atom. The smallest absolute Gasteiger partial charge is 0.134 e. The number of aryl methyl sites for hydroxylation is 1. The van der Waals surface area contributed by atoms with E-state index in [1.165, 1.54) is 10.9 Å². The molecule has 0 radical (unpaired) electrons. The van der Waals surface area contributed by atoms with E-state index >= 15 is 0 Å². The molecule has 0 aliphatic carbocycles. The fourth-order valence-corrected chi connectivity index (χ4v) is 1.76. The average molecular weight is 217 g/mol. The van der Waals surface area contributed by atoms with Crippen LogP contribution in [0.15, 0.2) is 28.7 Å². The lowest BCUT2D eigenvalue weighted by atomic mass is 10.1. The average Bonchev–Trinajstić information content (AvgIpc) is 2.67. The Bertz CT molecular complexity index is 471. The molecule has 0 saturated heterocycles. The number of nitrogens with one attached hydrogen (secondary N) is 1. The van der Waals surface area contributed by atoms with Crippen molar-refractivity contribution in [3.63, 3.8) is 0 Å². The third-order valence-corrected chi connectivity index (χ3v) is 2.72. The normalized spacial score (nSPS) is 11.5. The highest BCUT2D eigenvalue weighted by atomic mass is 16.3. The minimum atomic E-state index is 0.486. The lowest BCUT2D eigenvalue weighted by molar-refractivity contribution is 0.488. The van der Waals surface area contributed by atoms with Gasteiger partial charge in [0.05, 0.1) is 6.54 Å². The highest BCUT2D eigenvalue weighted by molar-refractivity contribution is 5.78. The molecule has 0 fully saturated rings. The molecular formula is C14H19NO. The molecule has 1 heterocycles. The molecule has 0 atom stereocenters. The van der Waals surface area contributed by atoms with Gasteiger partial charge in [-0.05, 0) is 30.2 Å². The van der Waals surface area contributed by atoms with Crippen LogP contribution in [0.25, 0.3) is 11.0 Å². The maximum Gasteiger partial charge on any atom is 0.134 e. The fourth-order valence-electron chi connectivity index (χ4n) is 1.76. The van der Waals surface area contributed by atoms with Gasteiger partial charge in [0, 0.05) is 11.4 Å². The maximum atomic E-state index is 5.76. The van der Waals surface area contributed by atoms with Crippen molar-refractivity contribution in [2.75, 3.05) is 0 Å². The van der Waals surface area contributed by atoms with Crippen LogP contribution in [0.2, 0.25) is 0 Å². The molecule has 0 amide bonds. The van der Waals surface area contributed by atoms with Crippen molar-refractivity contribution in [1.29, 1.82) is 0 Å². The lowest BCUT2D eigenvalue weighted by Gasteiger charge is -2.04. The Balaban J connectivity index is 2.22. The number of hydrogen-bond acceptors (Lipinski definition) is 2. The van der Waals surface area contributed by atoms with Crippen LogP contribution in [0, 0.1) is 0 Å². The van der Waals surface area contributed by atoms with E-state index in [1.54, 1.807) is 0 Å². The summed E-state index contributed by atoms with van der Waals surface area (Å²) in [4.78, 5) is 0. The summed E-state index contributed by atoms with van der Waals surface area (Å²) >= 11 is 0. The van der Waals surface area contributed by atoms with Gasteiger partial charge >= 0.3 is 0 Å². The Kier molecular flexibility index (Phi) is 3.30. The highest BCUT2D eigenvalue weighted by Crippen LogP contribution is 2.21. The predicted octanol–water partition coefficient (Wildman–Crippen LogP) is 3.49. The van der Waals surface area contributed by atoms with Crippen LogP contribution < -0.4 is 5.32 Å². The molecule has 0 bridgehead atoms. The van der Waals surface area contributed by atoms with E-state index in [0.717, 1.165) is 24.3 Å². The first kappa shape index (κ1) is 11.2. The number of hydrogen-bond donors (Lipinski definition) is 1. The zero-order valence-corrected chi connectivity index (χ0v) is 10.2. The van der Waals surface area contributed by atoms with E-state index in [-0.39, 0.29) is 0 Å². The van der Waals surface area contributed by atoms with E-state index in [2.05, 4.69) is 50.4 Å². The van der Waals surface area contributed by atoms with Crippen molar-refractivity contribution < 1.29 is 4.42 Å². The summed E-state index contributed by atoms with van der Waals surface area (Å²) < 4.78 is 5.76. The van der Waals surface area contributed by atoms with Gasteiger partial charge in [-0.2, -0.15) is 0 Å². The molecule has 0 saturated carbocycles. The van der Waals surface area contributed by atoms with Crippen LogP contribution in [0.1, 0.15) is 32.1 Å². The van der Waals surface area contributed by atoms with Gasteiger partial charge in [0.15, 0.2) is 0 Å². The van der Waals surface area contributed by atoms with Crippen LogP contribution in [-0.2, 0) is 13.0 Å². The monoisotopic (exact) mass is 217 g/mol. The fraction of sp³-hybridized carbons (Fsp3) is 0.429. The van der Waals surface area contributed by atoms with Gasteiger partial charge in [0.2, 0.25) is 0 Å². The molecular weight excluding hydrogens is 198 g/mol. The topological polar surface area (TPSA) is 25.2 Å². The van der Waals surface area contributed by atoms with Crippen LogP contribution in [0.4, 0.5) is 0 Å². The summed E-state index contributed by atoms with van der Waals surface area (Å²) in [5.41, 5.74) is 2.34. The standard InChI is InChI=1S/C14H19NO/c1-4-11-5-6-14-12(7-11)8-13(16-14)9-15-10(2)3/h5-8,10,15H,4,9H2,1-3H3. The molecule has 1 N–H and O–H groups in total. The van der Waals surface area contributed by atoms with E-state index in [1.807, 2.05) is 0 Å². The summed E-state index contributed by atoms with van der Waals surface area (Å²) in [5, 5.41) is 4.57. The van der Waals surface area contributed by atoms with Crippen LogP contribution in [0.5, 0.6) is 0 Å². The molecule has 0 unspecified atom stereocenters. The molecule has 86 valence electrons. The van der Waals surface area contributed by atoms with Gasteiger partial charge in [-0.1, -0.05) is 26.8 Å². The predicted molar refractivity (Wildman–Crippen MR) is 67.6 cm³/mol. The molecule has 1 aromatic heterocycles. The first-order chi connectivity index (χ1) is 7.69. The zero-order chi connectivity index (χ0) is 11.5. The van der Waals surface area contributed by atoms with Gasteiger partial charge in [-0.3, -0.25) is 0 Å². The molecule has 2 nitrogen and oxygen atoms in total. The van der Waals surface area contributed by atoms with Gasteiger partial charge in [0.25, 0.3) is 0 Å². The zero-order valence-electron chi connectivity index (χ0n) is 10.2. The third-order valence-electron chi connectivity index (χ3n) is 2.72. The number of benzene rings is 1. The van der Waals surface area contributed by atoms with Crippen molar-refractivity contribution >= 4 is 11.0 Å². The summed E-state index contributed by atoms with van der Waals surface area (Å²) in [7, 11) is 0. The minimum absolute atomic E-state index is 0.486. The number of rotatable bonds is 4. The van der Waals surface area contributed by atoms with Gasteiger partial charge in [-0.15, -0.1) is 0 Å². The van der Waals surface area contributed by atoms with E-state index in [4.69, 9.17) is 4.42 Å².